The van der Waals surface area contributed by atoms with E-state index in [9.17, 15) is 4.79 Å². The zero-order valence-corrected chi connectivity index (χ0v) is 10.5. The summed E-state index contributed by atoms with van der Waals surface area (Å²) in [6.45, 7) is 0. The number of hydrogen-bond donors (Lipinski definition) is 1. The van der Waals surface area contributed by atoms with Crippen molar-refractivity contribution in [3.63, 3.8) is 0 Å². The van der Waals surface area contributed by atoms with Gasteiger partial charge in [-0.2, -0.15) is 0 Å². The van der Waals surface area contributed by atoms with Crippen LogP contribution in [0.5, 0.6) is 0 Å². The molecule has 2 saturated carbocycles. The summed E-state index contributed by atoms with van der Waals surface area (Å²) in [4.78, 5) is 15.9. The van der Waals surface area contributed by atoms with Gasteiger partial charge in [-0.05, 0) is 47.0 Å². The molecule has 0 radical (unpaired) electrons. The van der Waals surface area contributed by atoms with Crippen molar-refractivity contribution in [2.24, 2.45) is 17.8 Å². The van der Waals surface area contributed by atoms with Gasteiger partial charge >= 0.3 is 0 Å². The highest BCUT2D eigenvalue weighted by molar-refractivity contribution is 9.11. The number of carbonyl (C=O) groups excluding carboxylic acids is 1. The molecule has 3 rings (SSSR count). The van der Waals surface area contributed by atoms with Crippen LogP contribution in [0.1, 0.15) is 19.3 Å². The molecular formula is C10H11BrN2OS. The number of nitrogens with zero attached hydrogens (tertiary/aromatic N) is 1. The number of amides is 1. The molecule has 0 spiro atoms. The van der Waals surface area contributed by atoms with Gasteiger partial charge in [-0.25, -0.2) is 4.98 Å². The first kappa shape index (κ1) is 9.78. The topological polar surface area (TPSA) is 42.0 Å². The summed E-state index contributed by atoms with van der Waals surface area (Å²) >= 11 is 4.79. The minimum Gasteiger partial charge on any atom is -0.302 e. The van der Waals surface area contributed by atoms with E-state index in [1.54, 1.807) is 6.20 Å². The first-order valence-corrected chi connectivity index (χ1v) is 6.75. The highest BCUT2D eigenvalue weighted by atomic mass is 79.9. The summed E-state index contributed by atoms with van der Waals surface area (Å²) in [5.74, 6) is 2.09. The van der Waals surface area contributed by atoms with Gasteiger partial charge in [-0.1, -0.05) is 11.3 Å². The van der Waals surface area contributed by atoms with E-state index in [-0.39, 0.29) is 11.8 Å². The number of fused-ring (bicyclic) bond motifs is 1. The molecule has 5 heteroatoms. The van der Waals surface area contributed by atoms with E-state index in [1.807, 2.05) is 0 Å². The summed E-state index contributed by atoms with van der Waals surface area (Å²) < 4.78 is 0.951. The van der Waals surface area contributed by atoms with Crippen molar-refractivity contribution >= 4 is 38.3 Å². The lowest BCUT2D eigenvalue weighted by atomic mass is 10.0. The lowest BCUT2D eigenvalue weighted by molar-refractivity contribution is -0.120. The largest absolute Gasteiger partial charge is 0.302 e. The van der Waals surface area contributed by atoms with Crippen molar-refractivity contribution in [1.29, 1.82) is 0 Å². The van der Waals surface area contributed by atoms with E-state index in [2.05, 4.69) is 26.2 Å². The van der Waals surface area contributed by atoms with E-state index in [0.717, 1.165) is 28.5 Å². The van der Waals surface area contributed by atoms with Gasteiger partial charge < -0.3 is 5.32 Å². The Morgan fingerprint density at radius 1 is 1.47 bits per heavy atom. The van der Waals surface area contributed by atoms with Gasteiger partial charge in [0.05, 0.1) is 9.98 Å². The SMILES string of the molecule is O=C(Nc1ncc(Br)s1)C1CC2CC2C1. The third kappa shape index (κ3) is 1.95. The molecule has 3 nitrogen and oxygen atoms in total. The van der Waals surface area contributed by atoms with Crippen LogP contribution in [0, 0.1) is 17.8 Å². The maximum Gasteiger partial charge on any atom is 0.229 e. The minimum atomic E-state index is 0.157. The lowest BCUT2D eigenvalue weighted by Gasteiger charge is -2.09. The van der Waals surface area contributed by atoms with Crippen LogP contribution < -0.4 is 5.32 Å². The third-order valence-corrected chi connectivity index (χ3v) is 4.71. The molecule has 0 bridgehead atoms. The third-order valence-electron chi connectivity index (χ3n) is 3.32. The second kappa shape index (κ2) is 3.56. The van der Waals surface area contributed by atoms with Crippen LogP contribution in [0.4, 0.5) is 5.13 Å². The molecule has 1 amide bonds. The molecule has 15 heavy (non-hydrogen) atoms. The van der Waals surface area contributed by atoms with Gasteiger partial charge in [0.1, 0.15) is 0 Å². The molecule has 2 aliphatic carbocycles. The smallest absolute Gasteiger partial charge is 0.229 e. The molecule has 1 N–H and O–H groups in total. The standard InChI is InChI=1S/C10H11BrN2OS/c11-8-4-12-10(15-8)13-9(14)7-2-5-1-6(5)3-7/h4-7H,1-3H2,(H,12,13,14). The molecule has 2 unspecified atom stereocenters. The molecule has 2 aliphatic rings. The predicted molar refractivity (Wildman–Crippen MR) is 62.8 cm³/mol. The molecule has 2 fully saturated rings. The maximum absolute atomic E-state index is 11.8. The van der Waals surface area contributed by atoms with Crippen LogP contribution >= 0.6 is 27.3 Å². The molecular weight excluding hydrogens is 276 g/mol. The first-order chi connectivity index (χ1) is 7.22. The highest BCUT2D eigenvalue weighted by Crippen LogP contribution is 2.54. The quantitative estimate of drug-likeness (QED) is 0.908. The number of aromatic nitrogens is 1. The van der Waals surface area contributed by atoms with Crippen molar-refractivity contribution in [3.8, 4) is 0 Å². The van der Waals surface area contributed by atoms with Crippen LogP contribution in [0.3, 0.4) is 0 Å². The molecule has 80 valence electrons. The van der Waals surface area contributed by atoms with Crippen LogP contribution in [0.15, 0.2) is 9.98 Å². The summed E-state index contributed by atoms with van der Waals surface area (Å²) in [6, 6.07) is 0. The Morgan fingerprint density at radius 2 is 2.20 bits per heavy atom. The number of anilines is 1. The summed E-state index contributed by atoms with van der Waals surface area (Å²) in [5, 5.41) is 3.59. The van der Waals surface area contributed by atoms with Crippen molar-refractivity contribution in [2.75, 3.05) is 5.32 Å². The monoisotopic (exact) mass is 286 g/mol. The van der Waals surface area contributed by atoms with Crippen molar-refractivity contribution < 1.29 is 4.79 Å². The van der Waals surface area contributed by atoms with Gasteiger partial charge in [-0.15, -0.1) is 0 Å². The van der Waals surface area contributed by atoms with Crippen molar-refractivity contribution in [1.82, 2.24) is 4.98 Å². The van der Waals surface area contributed by atoms with E-state index in [0.29, 0.717) is 5.13 Å². The number of hydrogen-bond acceptors (Lipinski definition) is 3. The number of nitrogens with one attached hydrogen (secondary N) is 1. The van der Waals surface area contributed by atoms with Gasteiger partial charge in [0.2, 0.25) is 5.91 Å². The second-order valence-electron chi connectivity index (χ2n) is 4.38. The molecule has 2 atom stereocenters. The van der Waals surface area contributed by atoms with Crippen molar-refractivity contribution in [3.05, 3.63) is 9.98 Å². The molecule has 0 saturated heterocycles. The van der Waals surface area contributed by atoms with Gasteiger partial charge in [-0.3, -0.25) is 4.79 Å². The molecule has 0 aromatic carbocycles. The predicted octanol–water partition coefficient (Wildman–Crippen LogP) is 2.89. The Balaban J connectivity index is 1.61. The van der Waals surface area contributed by atoms with Gasteiger partial charge in [0.15, 0.2) is 5.13 Å². The van der Waals surface area contributed by atoms with Gasteiger partial charge in [0.25, 0.3) is 0 Å². The highest BCUT2D eigenvalue weighted by Gasteiger charge is 2.48. The van der Waals surface area contributed by atoms with Crippen LogP contribution in [0.25, 0.3) is 0 Å². The number of halogens is 1. The van der Waals surface area contributed by atoms with E-state index < -0.39 is 0 Å². The molecule has 1 aromatic heterocycles. The average Bonchev–Trinajstić information content (AvgIpc) is 2.61. The van der Waals surface area contributed by atoms with E-state index in [1.165, 1.54) is 17.8 Å². The zero-order valence-electron chi connectivity index (χ0n) is 8.07. The van der Waals surface area contributed by atoms with Gasteiger partial charge in [0, 0.05) is 5.92 Å². The Bertz CT molecular complexity index is 396. The van der Waals surface area contributed by atoms with Crippen molar-refractivity contribution in [2.45, 2.75) is 19.3 Å². The first-order valence-electron chi connectivity index (χ1n) is 5.14. The molecule has 1 aromatic rings. The Hall–Kier alpha value is -0.420. The second-order valence-corrected chi connectivity index (χ2v) is 6.79. The Labute approximate surface area is 100 Å². The summed E-state index contributed by atoms with van der Waals surface area (Å²) in [6.07, 6.45) is 5.24. The van der Waals surface area contributed by atoms with Crippen LogP contribution in [-0.2, 0) is 4.79 Å². The average molecular weight is 287 g/mol. The fraction of sp³-hybridized carbons (Fsp3) is 0.600. The Morgan fingerprint density at radius 3 is 2.80 bits per heavy atom. The molecule has 0 aliphatic heterocycles. The normalized spacial score (nSPS) is 32.5. The maximum atomic E-state index is 11.8. The fourth-order valence-electron chi connectivity index (χ4n) is 2.45. The zero-order chi connectivity index (χ0) is 10.4. The summed E-state index contributed by atoms with van der Waals surface area (Å²) in [7, 11) is 0. The summed E-state index contributed by atoms with van der Waals surface area (Å²) in [5.41, 5.74) is 0. The minimum absolute atomic E-state index is 0.157. The number of rotatable bonds is 2. The molecule has 1 heterocycles. The van der Waals surface area contributed by atoms with E-state index in [4.69, 9.17) is 0 Å². The lowest BCUT2D eigenvalue weighted by Crippen LogP contribution is -2.21. The van der Waals surface area contributed by atoms with E-state index >= 15 is 0 Å². The Kier molecular flexibility index (Phi) is 2.32. The number of carbonyl (C=O) groups is 1. The number of thiazole rings is 1. The van der Waals surface area contributed by atoms with Crippen LogP contribution in [-0.4, -0.2) is 10.9 Å². The fourth-order valence-corrected chi connectivity index (χ4v) is 3.56. The van der Waals surface area contributed by atoms with Crippen LogP contribution in [0.2, 0.25) is 0 Å².